The molecule has 3 nitrogen and oxygen atoms in total. The first-order valence-corrected chi connectivity index (χ1v) is 10.4. The van der Waals surface area contributed by atoms with Crippen molar-refractivity contribution in [3.8, 4) is 0 Å². The van der Waals surface area contributed by atoms with Crippen LogP contribution < -0.4 is 5.32 Å². The molecule has 3 heteroatoms. The molecular formula is C24H29N3. The number of hydrogen-bond donors (Lipinski definition) is 1. The minimum Gasteiger partial charge on any atom is -0.367 e. The Kier molecular flexibility index (Phi) is 5.66. The number of hydrogen-bond acceptors (Lipinski definition) is 3. The van der Waals surface area contributed by atoms with Crippen LogP contribution in [-0.2, 0) is 12.8 Å². The fraction of sp³-hybridized carbons (Fsp3) is 0.417. The Morgan fingerprint density at radius 2 is 1.74 bits per heavy atom. The van der Waals surface area contributed by atoms with Gasteiger partial charge in [-0.3, -0.25) is 4.98 Å². The van der Waals surface area contributed by atoms with E-state index in [4.69, 9.17) is 4.98 Å². The van der Waals surface area contributed by atoms with E-state index < -0.39 is 0 Å². The van der Waals surface area contributed by atoms with E-state index >= 15 is 0 Å². The first kappa shape index (κ1) is 18.0. The third kappa shape index (κ3) is 4.29. The lowest BCUT2D eigenvalue weighted by Gasteiger charge is -2.29. The molecule has 1 saturated carbocycles. The second kappa shape index (κ2) is 8.51. The van der Waals surface area contributed by atoms with Gasteiger partial charge in [0.1, 0.15) is 5.82 Å². The fourth-order valence-electron chi connectivity index (χ4n) is 4.30. The van der Waals surface area contributed by atoms with Crippen LogP contribution in [0.3, 0.4) is 0 Å². The van der Waals surface area contributed by atoms with Gasteiger partial charge in [-0.05, 0) is 67.0 Å². The topological polar surface area (TPSA) is 37.8 Å². The van der Waals surface area contributed by atoms with Crippen LogP contribution in [0.15, 0.2) is 55.0 Å². The molecular weight excluding hydrogens is 330 g/mol. The van der Waals surface area contributed by atoms with Gasteiger partial charge in [0.25, 0.3) is 0 Å². The summed E-state index contributed by atoms with van der Waals surface area (Å²) >= 11 is 0. The fourth-order valence-corrected chi connectivity index (χ4v) is 4.30. The summed E-state index contributed by atoms with van der Waals surface area (Å²) in [6, 6.07) is 13.4. The minimum absolute atomic E-state index is 0.560. The van der Waals surface area contributed by atoms with Gasteiger partial charge in [-0.2, -0.15) is 0 Å². The standard InChI is InChI=1S/C24H29N3/c1-2-18-10-13-21(14-11-18)27-24-23-8-4-3-7-22(23)20(17-26-24)12-9-19-6-5-15-25-16-19/h3-8,15-18,21H,2,9-14H2,1H3,(H,26,27)/t18-,21+. The van der Waals surface area contributed by atoms with Crippen LogP contribution in [0.25, 0.3) is 10.8 Å². The minimum atomic E-state index is 0.560. The van der Waals surface area contributed by atoms with Gasteiger partial charge in [0.2, 0.25) is 0 Å². The zero-order chi connectivity index (χ0) is 18.5. The van der Waals surface area contributed by atoms with Crippen LogP contribution in [0.1, 0.15) is 50.2 Å². The highest BCUT2D eigenvalue weighted by Crippen LogP contribution is 2.31. The lowest BCUT2D eigenvalue weighted by molar-refractivity contribution is 0.330. The van der Waals surface area contributed by atoms with E-state index in [9.17, 15) is 0 Å². The van der Waals surface area contributed by atoms with E-state index in [1.165, 1.54) is 54.0 Å². The second-order valence-electron chi connectivity index (χ2n) is 7.81. The molecule has 0 saturated heterocycles. The van der Waals surface area contributed by atoms with Gasteiger partial charge in [0.05, 0.1) is 0 Å². The molecule has 4 rings (SSSR count). The van der Waals surface area contributed by atoms with Crippen LogP contribution in [-0.4, -0.2) is 16.0 Å². The third-order valence-corrected chi connectivity index (χ3v) is 6.05. The Labute approximate surface area is 162 Å². The van der Waals surface area contributed by atoms with Crippen molar-refractivity contribution in [3.63, 3.8) is 0 Å². The van der Waals surface area contributed by atoms with Crippen molar-refractivity contribution < 1.29 is 0 Å². The molecule has 1 aromatic carbocycles. The monoisotopic (exact) mass is 359 g/mol. The van der Waals surface area contributed by atoms with E-state index in [1.807, 2.05) is 18.5 Å². The summed E-state index contributed by atoms with van der Waals surface area (Å²) in [6.07, 6.45) is 14.4. The van der Waals surface area contributed by atoms with E-state index in [-0.39, 0.29) is 0 Å². The summed E-state index contributed by atoms with van der Waals surface area (Å²) in [5.74, 6) is 1.97. The Morgan fingerprint density at radius 3 is 2.48 bits per heavy atom. The summed E-state index contributed by atoms with van der Waals surface area (Å²) < 4.78 is 0. The maximum absolute atomic E-state index is 4.83. The van der Waals surface area contributed by atoms with Crippen molar-refractivity contribution in [2.45, 2.75) is 57.9 Å². The van der Waals surface area contributed by atoms with Gasteiger partial charge < -0.3 is 5.32 Å². The summed E-state index contributed by atoms with van der Waals surface area (Å²) in [5.41, 5.74) is 2.59. The first-order valence-electron chi connectivity index (χ1n) is 10.4. The molecule has 1 aliphatic carbocycles. The molecule has 0 spiro atoms. The molecule has 27 heavy (non-hydrogen) atoms. The molecule has 140 valence electrons. The normalized spacial score (nSPS) is 19.9. The number of aryl methyl sites for hydroxylation is 2. The molecule has 0 atom stereocenters. The predicted octanol–water partition coefficient (Wildman–Crippen LogP) is 5.80. The number of nitrogens with zero attached hydrogens (tertiary/aromatic N) is 2. The maximum atomic E-state index is 4.83. The van der Waals surface area contributed by atoms with Crippen LogP contribution >= 0.6 is 0 Å². The van der Waals surface area contributed by atoms with E-state index in [2.05, 4.69) is 53.8 Å². The number of pyridine rings is 2. The average Bonchev–Trinajstić information content (AvgIpc) is 2.74. The zero-order valence-corrected chi connectivity index (χ0v) is 16.2. The van der Waals surface area contributed by atoms with E-state index in [0.717, 1.165) is 24.6 Å². The third-order valence-electron chi connectivity index (χ3n) is 6.05. The van der Waals surface area contributed by atoms with Gasteiger partial charge in [0.15, 0.2) is 0 Å². The van der Waals surface area contributed by atoms with Gasteiger partial charge in [0, 0.05) is 30.0 Å². The predicted molar refractivity (Wildman–Crippen MR) is 113 cm³/mol. The lowest BCUT2D eigenvalue weighted by atomic mass is 9.84. The van der Waals surface area contributed by atoms with Crippen molar-refractivity contribution in [2.75, 3.05) is 5.32 Å². The number of rotatable bonds is 6. The highest BCUT2D eigenvalue weighted by molar-refractivity contribution is 5.94. The highest BCUT2D eigenvalue weighted by atomic mass is 15.0. The van der Waals surface area contributed by atoms with Crippen LogP contribution in [0.2, 0.25) is 0 Å². The van der Waals surface area contributed by atoms with Crippen molar-refractivity contribution in [1.82, 2.24) is 9.97 Å². The molecule has 2 aromatic heterocycles. The molecule has 1 aliphatic rings. The van der Waals surface area contributed by atoms with Crippen LogP contribution in [0, 0.1) is 5.92 Å². The molecule has 0 amide bonds. The van der Waals surface area contributed by atoms with Crippen molar-refractivity contribution in [3.05, 3.63) is 66.1 Å². The van der Waals surface area contributed by atoms with E-state index in [1.54, 1.807) is 0 Å². The average molecular weight is 360 g/mol. The zero-order valence-electron chi connectivity index (χ0n) is 16.2. The molecule has 0 unspecified atom stereocenters. The van der Waals surface area contributed by atoms with Gasteiger partial charge >= 0.3 is 0 Å². The van der Waals surface area contributed by atoms with E-state index in [0.29, 0.717) is 6.04 Å². The van der Waals surface area contributed by atoms with Crippen molar-refractivity contribution in [1.29, 1.82) is 0 Å². The van der Waals surface area contributed by atoms with Crippen LogP contribution in [0.5, 0.6) is 0 Å². The summed E-state index contributed by atoms with van der Waals surface area (Å²) in [4.78, 5) is 9.05. The lowest BCUT2D eigenvalue weighted by Crippen LogP contribution is -2.26. The van der Waals surface area contributed by atoms with Gasteiger partial charge in [-0.25, -0.2) is 4.98 Å². The Bertz CT molecular complexity index is 867. The Hall–Kier alpha value is -2.42. The molecule has 1 N–H and O–H groups in total. The molecule has 1 fully saturated rings. The summed E-state index contributed by atoms with van der Waals surface area (Å²) in [5, 5.41) is 6.32. The molecule has 2 heterocycles. The largest absolute Gasteiger partial charge is 0.367 e. The smallest absolute Gasteiger partial charge is 0.134 e. The highest BCUT2D eigenvalue weighted by Gasteiger charge is 2.20. The molecule has 0 aliphatic heterocycles. The Balaban J connectivity index is 1.52. The van der Waals surface area contributed by atoms with Crippen molar-refractivity contribution in [2.24, 2.45) is 5.92 Å². The van der Waals surface area contributed by atoms with Gasteiger partial charge in [-0.15, -0.1) is 0 Å². The maximum Gasteiger partial charge on any atom is 0.134 e. The van der Waals surface area contributed by atoms with Gasteiger partial charge in [-0.1, -0.05) is 43.7 Å². The molecule has 3 aromatic rings. The second-order valence-corrected chi connectivity index (χ2v) is 7.81. The molecule has 0 radical (unpaired) electrons. The number of benzene rings is 1. The Morgan fingerprint density at radius 1 is 0.926 bits per heavy atom. The van der Waals surface area contributed by atoms with Crippen molar-refractivity contribution >= 4 is 16.6 Å². The first-order chi connectivity index (χ1) is 13.3. The molecule has 0 bridgehead atoms. The summed E-state index contributed by atoms with van der Waals surface area (Å²) in [7, 11) is 0. The number of anilines is 1. The SMILES string of the molecule is CC[C@H]1CC[C@@H](Nc2ncc(CCc3cccnc3)c3ccccc23)CC1. The number of aromatic nitrogens is 2. The number of fused-ring (bicyclic) bond motifs is 1. The summed E-state index contributed by atoms with van der Waals surface area (Å²) in [6.45, 7) is 2.32. The van der Waals surface area contributed by atoms with Crippen LogP contribution in [0.4, 0.5) is 5.82 Å². The quantitative estimate of drug-likeness (QED) is 0.605. The number of nitrogens with one attached hydrogen (secondary N) is 1.